The van der Waals surface area contributed by atoms with Gasteiger partial charge in [0, 0.05) is 11.8 Å². The van der Waals surface area contributed by atoms with Gasteiger partial charge in [-0.15, -0.1) is 0 Å². The van der Waals surface area contributed by atoms with Crippen molar-refractivity contribution < 1.29 is 9.53 Å². The average Bonchev–Trinajstić information content (AvgIpc) is 3.08. The molecule has 1 heterocycles. The molecule has 1 aliphatic carbocycles. The molecule has 92 valence electrons. The van der Waals surface area contributed by atoms with Gasteiger partial charge in [0.1, 0.15) is 0 Å². The normalized spacial score (nSPS) is 27.4. The summed E-state index contributed by atoms with van der Waals surface area (Å²) in [5.41, 5.74) is 0.287. The molecule has 0 aromatic rings. The van der Waals surface area contributed by atoms with Crippen LogP contribution in [0.1, 0.15) is 32.1 Å². The molecule has 2 rings (SSSR count). The summed E-state index contributed by atoms with van der Waals surface area (Å²) in [4.78, 5) is 11.3. The van der Waals surface area contributed by atoms with Gasteiger partial charge < -0.3 is 10.1 Å². The first kappa shape index (κ1) is 12.2. The van der Waals surface area contributed by atoms with E-state index in [-0.39, 0.29) is 11.4 Å². The van der Waals surface area contributed by atoms with E-state index in [0.717, 1.165) is 17.5 Å². The molecular formula is C12H21NO2S. The van der Waals surface area contributed by atoms with Crippen molar-refractivity contribution in [2.45, 2.75) is 37.4 Å². The zero-order valence-electron chi connectivity index (χ0n) is 9.96. The molecule has 1 atom stereocenters. The van der Waals surface area contributed by atoms with Crippen molar-refractivity contribution in [1.29, 1.82) is 0 Å². The van der Waals surface area contributed by atoms with E-state index in [9.17, 15) is 4.79 Å². The number of hydrogen-bond acceptors (Lipinski definition) is 4. The fraction of sp³-hybridized carbons (Fsp3) is 0.917. The topological polar surface area (TPSA) is 38.3 Å². The van der Waals surface area contributed by atoms with Gasteiger partial charge in [-0.2, -0.15) is 11.8 Å². The van der Waals surface area contributed by atoms with Crippen LogP contribution in [0.25, 0.3) is 0 Å². The van der Waals surface area contributed by atoms with Crippen LogP contribution in [0.5, 0.6) is 0 Å². The smallest absolute Gasteiger partial charge is 0.306 e. The van der Waals surface area contributed by atoms with E-state index in [1.54, 1.807) is 0 Å². The van der Waals surface area contributed by atoms with Crippen LogP contribution in [0.2, 0.25) is 0 Å². The van der Waals surface area contributed by atoms with Crippen LogP contribution in [0.4, 0.5) is 0 Å². The van der Waals surface area contributed by atoms with E-state index in [2.05, 4.69) is 5.32 Å². The zero-order chi connectivity index (χ0) is 11.4. The van der Waals surface area contributed by atoms with E-state index in [4.69, 9.17) is 4.74 Å². The number of carbonyl (C=O) groups is 1. The first-order valence-electron chi connectivity index (χ1n) is 6.13. The lowest BCUT2D eigenvalue weighted by Crippen LogP contribution is -2.32. The average molecular weight is 243 g/mol. The van der Waals surface area contributed by atoms with Crippen molar-refractivity contribution in [2.75, 3.05) is 26.0 Å². The number of rotatable bonds is 5. The van der Waals surface area contributed by atoms with Gasteiger partial charge >= 0.3 is 5.97 Å². The van der Waals surface area contributed by atoms with Crippen molar-refractivity contribution in [3.05, 3.63) is 0 Å². The third-order valence-corrected chi connectivity index (χ3v) is 5.23. The second-order valence-electron chi connectivity index (χ2n) is 5.03. The number of methoxy groups -OCH3 is 1. The quantitative estimate of drug-likeness (QED) is 0.748. The number of thioether (sulfide) groups is 1. The van der Waals surface area contributed by atoms with Gasteiger partial charge in [-0.05, 0) is 43.4 Å². The number of ether oxygens (including phenoxy) is 1. The van der Waals surface area contributed by atoms with E-state index < -0.39 is 0 Å². The number of hydrogen-bond donors (Lipinski definition) is 1. The molecule has 2 aliphatic rings. The molecule has 0 aromatic carbocycles. The van der Waals surface area contributed by atoms with Gasteiger partial charge in [0.25, 0.3) is 0 Å². The van der Waals surface area contributed by atoms with Gasteiger partial charge in [0.2, 0.25) is 0 Å². The summed E-state index contributed by atoms with van der Waals surface area (Å²) >= 11 is 2.05. The van der Waals surface area contributed by atoms with Crippen molar-refractivity contribution >= 4 is 17.7 Å². The highest BCUT2D eigenvalue weighted by atomic mass is 32.2. The largest absolute Gasteiger partial charge is 0.469 e. The SMILES string of the molecule is COC(=O)CC1(CSC2CCCNC2)CC1. The Bertz CT molecular complexity index is 247. The van der Waals surface area contributed by atoms with Crippen LogP contribution in [-0.2, 0) is 9.53 Å². The lowest BCUT2D eigenvalue weighted by atomic mass is 10.1. The molecule has 0 aromatic heterocycles. The van der Waals surface area contributed by atoms with E-state index >= 15 is 0 Å². The highest BCUT2D eigenvalue weighted by Crippen LogP contribution is 2.51. The number of nitrogens with one attached hydrogen (secondary N) is 1. The molecule has 1 unspecified atom stereocenters. The maximum Gasteiger partial charge on any atom is 0.306 e. The summed E-state index contributed by atoms with van der Waals surface area (Å²) < 4.78 is 4.76. The monoisotopic (exact) mass is 243 g/mol. The van der Waals surface area contributed by atoms with Crippen LogP contribution in [0.3, 0.4) is 0 Å². The van der Waals surface area contributed by atoms with E-state index in [0.29, 0.717) is 6.42 Å². The predicted octanol–water partition coefficient (Wildman–Crippen LogP) is 1.81. The molecular weight excluding hydrogens is 222 g/mol. The summed E-state index contributed by atoms with van der Waals surface area (Å²) in [6, 6.07) is 0. The van der Waals surface area contributed by atoms with Crippen LogP contribution in [-0.4, -0.2) is 37.2 Å². The molecule has 0 spiro atoms. The number of carbonyl (C=O) groups excluding carboxylic acids is 1. The summed E-state index contributed by atoms with van der Waals surface area (Å²) in [6.45, 7) is 2.31. The van der Waals surface area contributed by atoms with Crippen LogP contribution >= 0.6 is 11.8 Å². The minimum atomic E-state index is -0.0418. The van der Waals surface area contributed by atoms with Gasteiger partial charge in [0.05, 0.1) is 13.5 Å². The molecule has 1 aliphatic heterocycles. The summed E-state index contributed by atoms with van der Waals surface area (Å²) in [5, 5.41) is 4.18. The van der Waals surface area contributed by atoms with Gasteiger partial charge in [0.15, 0.2) is 0 Å². The van der Waals surface area contributed by atoms with E-state index in [1.807, 2.05) is 11.8 Å². The number of esters is 1. The molecule has 0 bridgehead atoms. The molecule has 3 nitrogen and oxygen atoms in total. The Balaban J connectivity index is 1.70. The highest BCUT2D eigenvalue weighted by Gasteiger charge is 2.44. The fourth-order valence-electron chi connectivity index (χ4n) is 2.18. The first-order valence-corrected chi connectivity index (χ1v) is 7.18. The third kappa shape index (κ3) is 3.39. The fourth-order valence-corrected chi connectivity index (χ4v) is 3.73. The Kier molecular flexibility index (Phi) is 4.14. The minimum Gasteiger partial charge on any atom is -0.469 e. The van der Waals surface area contributed by atoms with Gasteiger partial charge in [-0.3, -0.25) is 4.79 Å². The van der Waals surface area contributed by atoms with Crippen molar-refractivity contribution in [3.63, 3.8) is 0 Å². The zero-order valence-corrected chi connectivity index (χ0v) is 10.8. The predicted molar refractivity (Wildman–Crippen MR) is 66.6 cm³/mol. The lowest BCUT2D eigenvalue weighted by molar-refractivity contribution is -0.141. The van der Waals surface area contributed by atoms with Crippen molar-refractivity contribution in [1.82, 2.24) is 5.32 Å². The standard InChI is InChI=1S/C12H21NO2S/c1-15-11(14)7-12(4-5-12)9-16-10-3-2-6-13-8-10/h10,13H,2-9H2,1H3. The summed E-state index contributed by atoms with van der Waals surface area (Å²) in [6.07, 6.45) is 5.65. The third-order valence-electron chi connectivity index (χ3n) is 3.58. The maximum atomic E-state index is 11.3. The van der Waals surface area contributed by atoms with Crippen molar-refractivity contribution in [2.24, 2.45) is 5.41 Å². The minimum absolute atomic E-state index is 0.0418. The Hall–Kier alpha value is -0.220. The summed E-state index contributed by atoms with van der Waals surface area (Å²) in [7, 11) is 1.48. The van der Waals surface area contributed by atoms with E-state index in [1.165, 1.54) is 39.3 Å². The van der Waals surface area contributed by atoms with Crippen molar-refractivity contribution in [3.8, 4) is 0 Å². The molecule has 1 saturated heterocycles. The van der Waals surface area contributed by atoms with Crippen LogP contribution in [0.15, 0.2) is 0 Å². The van der Waals surface area contributed by atoms with Gasteiger partial charge in [-0.25, -0.2) is 0 Å². The molecule has 4 heteroatoms. The molecule has 1 N–H and O–H groups in total. The second kappa shape index (κ2) is 5.41. The second-order valence-corrected chi connectivity index (χ2v) is 6.32. The van der Waals surface area contributed by atoms with Crippen LogP contribution < -0.4 is 5.32 Å². The van der Waals surface area contributed by atoms with Gasteiger partial charge in [-0.1, -0.05) is 0 Å². The first-order chi connectivity index (χ1) is 7.74. The molecule has 2 fully saturated rings. The Morgan fingerprint density at radius 2 is 2.38 bits per heavy atom. The molecule has 1 saturated carbocycles. The lowest BCUT2D eigenvalue weighted by Gasteiger charge is -2.24. The summed E-state index contributed by atoms with van der Waals surface area (Å²) in [5.74, 6) is 1.09. The maximum absolute atomic E-state index is 11.3. The number of piperidine rings is 1. The Morgan fingerprint density at radius 1 is 1.56 bits per heavy atom. The highest BCUT2D eigenvalue weighted by molar-refractivity contribution is 8.00. The molecule has 0 amide bonds. The van der Waals surface area contributed by atoms with Crippen LogP contribution in [0, 0.1) is 5.41 Å². The Morgan fingerprint density at radius 3 is 2.94 bits per heavy atom. The molecule has 0 radical (unpaired) electrons. The molecule has 16 heavy (non-hydrogen) atoms. The Labute approximate surface area is 102 Å².